The largest absolute Gasteiger partial charge is 0.573 e. The van der Waals surface area contributed by atoms with Crippen molar-refractivity contribution in [2.24, 2.45) is 0 Å². The van der Waals surface area contributed by atoms with Crippen molar-refractivity contribution in [1.82, 2.24) is 9.80 Å². The molecule has 2 fully saturated rings. The highest BCUT2D eigenvalue weighted by Crippen LogP contribution is 2.25. The molecule has 5 nitrogen and oxygen atoms in total. The number of carbonyl (C=O) groups is 1. The molecule has 0 spiro atoms. The second-order valence-electron chi connectivity index (χ2n) is 6.26. The third-order valence-corrected chi connectivity index (χ3v) is 4.51. The van der Waals surface area contributed by atoms with Gasteiger partial charge in [-0.05, 0) is 37.1 Å². The van der Waals surface area contributed by atoms with Gasteiger partial charge in [-0.1, -0.05) is 12.1 Å². The van der Waals surface area contributed by atoms with Crippen LogP contribution in [-0.4, -0.2) is 61.0 Å². The maximum atomic E-state index is 12.7. The molecule has 2 heterocycles. The van der Waals surface area contributed by atoms with Crippen LogP contribution in [0.25, 0.3) is 0 Å². The minimum Gasteiger partial charge on any atom is -0.406 e. The minimum absolute atomic E-state index is 0.123. The van der Waals surface area contributed by atoms with E-state index in [1.54, 1.807) is 12.1 Å². The zero-order valence-electron chi connectivity index (χ0n) is 13.8. The SMILES string of the molecule is O=C([C@H]1CCCN1Cc1ccc(OC(F)(F)F)cc1)N1CCOCC1. The van der Waals surface area contributed by atoms with Gasteiger partial charge in [0.15, 0.2) is 0 Å². The molecule has 8 heteroatoms. The predicted molar refractivity (Wildman–Crippen MR) is 84.0 cm³/mol. The van der Waals surface area contributed by atoms with Crippen LogP contribution in [0.2, 0.25) is 0 Å². The van der Waals surface area contributed by atoms with Gasteiger partial charge in [0.05, 0.1) is 19.3 Å². The van der Waals surface area contributed by atoms with Crippen molar-refractivity contribution in [3.63, 3.8) is 0 Å². The molecule has 1 atom stereocenters. The topological polar surface area (TPSA) is 42.0 Å². The molecule has 0 N–H and O–H groups in total. The van der Waals surface area contributed by atoms with Crippen molar-refractivity contribution in [2.75, 3.05) is 32.8 Å². The van der Waals surface area contributed by atoms with E-state index >= 15 is 0 Å². The monoisotopic (exact) mass is 358 g/mol. The van der Waals surface area contributed by atoms with Crippen molar-refractivity contribution in [3.8, 4) is 5.75 Å². The normalized spacial score (nSPS) is 22.2. The molecular weight excluding hydrogens is 337 g/mol. The van der Waals surface area contributed by atoms with Crippen LogP contribution in [0.3, 0.4) is 0 Å². The van der Waals surface area contributed by atoms with Crippen LogP contribution in [0.5, 0.6) is 5.75 Å². The minimum atomic E-state index is -4.69. The number of carbonyl (C=O) groups excluding carboxylic acids is 1. The molecule has 2 aliphatic rings. The predicted octanol–water partition coefficient (Wildman–Crippen LogP) is 2.41. The molecule has 2 saturated heterocycles. The highest BCUT2D eigenvalue weighted by atomic mass is 19.4. The quantitative estimate of drug-likeness (QED) is 0.829. The van der Waals surface area contributed by atoms with Gasteiger partial charge in [-0.15, -0.1) is 13.2 Å². The molecule has 1 aromatic carbocycles. The van der Waals surface area contributed by atoms with Crippen LogP contribution in [0.1, 0.15) is 18.4 Å². The fraction of sp³-hybridized carbons (Fsp3) is 0.588. The summed E-state index contributed by atoms with van der Waals surface area (Å²) in [6, 6.07) is 5.66. The van der Waals surface area contributed by atoms with Crippen LogP contribution in [0.4, 0.5) is 13.2 Å². The molecule has 3 rings (SSSR count). The molecule has 0 saturated carbocycles. The van der Waals surface area contributed by atoms with E-state index in [1.807, 2.05) is 4.90 Å². The van der Waals surface area contributed by atoms with Crippen LogP contribution in [0.15, 0.2) is 24.3 Å². The van der Waals surface area contributed by atoms with Crippen molar-refractivity contribution in [1.29, 1.82) is 0 Å². The van der Waals surface area contributed by atoms with Gasteiger partial charge in [-0.2, -0.15) is 0 Å². The van der Waals surface area contributed by atoms with Crippen LogP contribution in [-0.2, 0) is 16.1 Å². The summed E-state index contributed by atoms with van der Waals surface area (Å²) < 4.78 is 45.8. The lowest BCUT2D eigenvalue weighted by Gasteiger charge is -2.32. The Labute approximate surface area is 144 Å². The Morgan fingerprint density at radius 1 is 1.16 bits per heavy atom. The van der Waals surface area contributed by atoms with Crippen molar-refractivity contribution >= 4 is 5.91 Å². The first-order valence-corrected chi connectivity index (χ1v) is 8.38. The van der Waals surface area contributed by atoms with E-state index in [2.05, 4.69) is 9.64 Å². The third-order valence-electron chi connectivity index (χ3n) is 4.51. The molecule has 0 radical (unpaired) electrons. The number of morpholine rings is 1. The Balaban J connectivity index is 1.60. The second-order valence-corrected chi connectivity index (χ2v) is 6.26. The molecule has 138 valence electrons. The molecular formula is C17H21F3N2O3. The molecule has 1 amide bonds. The Morgan fingerprint density at radius 3 is 2.48 bits per heavy atom. The average molecular weight is 358 g/mol. The fourth-order valence-electron chi connectivity index (χ4n) is 3.32. The second kappa shape index (κ2) is 7.61. The Hall–Kier alpha value is -1.80. The lowest BCUT2D eigenvalue weighted by Crippen LogP contribution is -2.49. The van der Waals surface area contributed by atoms with Gasteiger partial charge < -0.3 is 14.4 Å². The first kappa shape index (κ1) is 18.0. The number of ether oxygens (including phenoxy) is 2. The van der Waals surface area contributed by atoms with Gasteiger partial charge >= 0.3 is 6.36 Å². The summed E-state index contributed by atoms with van der Waals surface area (Å²) in [5, 5.41) is 0. The fourth-order valence-corrected chi connectivity index (χ4v) is 3.32. The molecule has 2 aliphatic heterocycles. The number of benzene rings is 1. The van der Waals surface area contributed by atoms with Crippen LogP contribution >= 0.6 is 0 Å². The summed E-state index contributed by atoms with van der Waals surface area (Å²) in [6.45, 7) is 3.71. The molecule has 0 bridgehead atoms. The highest BCUT2D eigenvalue weighted by Gasteiger charge is 2.34. The summed E-state index contributed by atoms with van der Waals surface area (Å²) >= 11 is 0. The van der Waals surface area contributed by atoms with Gasteiger partial charge in [-0.25, -0.2) is 0 Å². The average Bonchev–Trinajstić information content (AvgIpc) is 3.03. The summed E-state index contributed by atoms with van der Waals surface area (Å²) in [5.74, 6) is -0.114. The lowest BCUT2D eigenvalue weighted by atomic mass is 10.1. The highest BCUT2D eigenvalue weighted by molar-refractivity contribution is 5.82. The zero-order chi connectivity index (χ0) is 17.9. The van der Waals surface area contributed by atoms with Crippen molar-refractivity contribution < 1.29 is 27.4 Å². The third kappa shape index (κ3) is 4.85. The van der Waals surface area contributed by atoms with E-state index in [4.69, 9.17) is 4.74 Å². The number of hydrogen-bond acceptors (Lipinski definition) is 4. The smallest absolute Gasteiger partial charge is 0.406 e. The molecule has 0 aromatic heterocycles. The number of alkyl halides is 3. The summed E-state index contributed by atoms with van der Waals surface area (Å²) in [6.07, 6.45) is -2.94. The van der Waals surface area contributed by atoms with Crippen LogP contribution < -0.4 is 4.74 Å². The maximum absolute atomic E-state index is 12.7. The summed E-state index contributed by atoms with van der Waals surface area (Å²) in [5.41, 5.74) is 0.858. The molecule has 0 aliphatic carbocycles. The van der Waals surface area contributed by atoms with E-state index in [0.29, 0.717) is 32.8 Å². The van der Waals surface area contributed by atoms with Gasteiger partial charge in [0, 0.05) is 19.6 Å². The number of hydrogen-bond donors (Lipinski definition) is 0. The van der Waals surface area contributed by atoms with E-state index in [-0.39, 0.29) is 17.7 Å². The summed E-state index contributed by atoms with van der Waals surface area (Å²) in [7, 11) is 0. The van der Waals surface area contributed by atoms with Gasteiger partial charge in [0.25, 0.3) is 0 Å². The Morgan fingerprint density at radius 2 is 1.84 bits per heavy atom. The number of rotatable bonds is 4. The van der Waals surface area contributed by atoms with Gasteiger partial charge in [0.2, 0.25) is 5.91 Å². The van der Waals surface area contributed by atoms with E-state index < -0.39 is 6.36 Å². The van der Waals surface area contributed by atoms with E-state index in [1.165, 1.54) is 12.1 Å². The number of nitrogens with zero attached hydrogens (tertiary/aromatic N) is 2. The standard InChI is InChI=1S/C17H21F3N2O3/c18-17(19,20)25-14-5-3-13(4-6-14)12-22-7-1-2-15(22)16(23)21-8-10-24-11-9-21/h3-6,15H,1-2,7-12H2/t15-/m1/s1. The Kier molecular flexibility index (Phi) is 5.48. The number of halogens is 3. The number of likely N-dealkylation sites (tertiary alicyclic amines) is 1. The van der Waals surface area contributed by atoms with E-state index in [0.717, 1.165) is 24.9 Å². The zero-order valence-corrected chi connectivity index (χ0v) is 13.8. The first-order chi connectivity index (χ1) is 11.9. The van der Waals surface area contributed by atoms with Gasteiger partial charge in [-0.3, -0.25) is 9.69 Å². The number of amides is 1. The van der Waals surface area contributed by atoms with Crippen molar-refractivity contribution in [2.45, 2.75) is 31.8 Å². The first-order valence-electron chi connectivity index (χ1n) is 8.38. The van der Waals surface area contributed by atoms with Crippen LogP contribution in [0, 0.1) is 0 Å². The van der Waals surface area contributed by atoms with Crippen molar-refractivity contribution in [3.05, 3.63) is 29.8 Å². The van der Waals surface area contributed by atoms with E-state index in [9.17, 15) is 18.0 Å². The molecule has 0 unspecified atom stereocenters. The summed E-state index contributed by atoms with van der Waals surface area (Å²) in [4.78, 5) is 16.6. The molecule has 25 heavy (non-hydrogen) atoms. The maximum Gasteiger partial charge on any atom is 0.573 e. The molecule has 1 aromatic rings. The van der Waals surface area contributed by atoms with Gasteiger partial charge in [0.1, 0.15) is 5.75 Å². The Bertz CT molecular complexity index is 586. The lowest BCUT2D eigenvalue weighted by molar-refractivity contribution is -0.274.